The van der Waals surface area contributed by atoms with E-state index in [1.807, 2.05) is 37.3 Å². The van der Waals surface area contributed by atoms with Crippen LogP contribution in [-0.2, 0) is 16.1 Å². The normalized spacial score (nSPS) is 13.2. The number of rotatable bonds is 7. The first kappa shape index (κ1) is 19.6. The molecule has 2 atom stereocenters. The predicted octanol–water partition coefficient (Wildman–Crippen LogP) is 4.78. The molecule has 0 aliphatic carbocycles. The van der Waals surface area contributed by atoms with E-state index in [0.717, 1.165) is 16.9 Å². The van der Waals surface area contributed by atoms with Crippen molar-refractivity contribution in [3.8, 4) is 5.75 Å². The Morgan fingerprint density at radius 1 is 1.12 bits per heavy atom. The van der Waals surface area contributed by atoms with Crippen LogP contribution < -0.4 is 10.1 Å². The predicted molar refractivity (Wildman–Crippen MR) is 100 cm³/mol. The van der Waals surface area contributed by atoms with Crippen LogP contribution in [0.4, 0.5) is 0 Å². The summed E-state index contributed by atoms with van der Waals surface area (Å²) in [5, 5.41) is 3.86. The number of carbonyl (C=O) groups is 1. The number of halogens is 2. The molecular weight excluding hydrogens is 361 g/mol. The lowest BCUT2D eigenvalue weighted by atomic mass is 10.1. The van der Waals surface area contributed by atoms with Crippen molar-refractivity contribution in [3.63, 3.8) is 0 Å². The Kier molecular flexibility index (Phi) is 7.12. The molecular formula is C19H21Cl2NO3. The first-order valence-corrected chi connectivity index (χ1v) is 8.66. The van der Waals surface area contributed by atoms with Crippen molar-refractivity contribution in [2.24, 2.45) is 0 Å². The Labute approximate surface area is 158 Å². The number of amides is 1. The Balaban J connectivity index is 1.89. The number of hydrogen-bond acceptors (Lipinski definition) is 3. The van der Waals surface area contributed by atoms with E-state index in [9.17, 15) is 4.79 Å². The molecule has 0 aliphatic rings. The SMILES string of the molecule is COc1cccc(COC(C)C(=O)NC(C)c2ccc(Cl)c(Cl)c2)c1. The molecule has 2 unspecified atom stereocenters. The van der Waals surface area contributed by atoms with Gasteiger partial charge in [-0.05, 0) is 49.2 Å². The lowest BCUT2D eigenvalue weighted by Crippen LogP contribution is -2.36. The molecule has 134 valence electrons. The van der Waals surface area contributed by atoms with Gasteiger partial charge in [0.15, 0.2) is 0 Å². The maximum Gasteiger partial charge on any atom is 0.249 e. The Morgan fingerprint density at radius 3 is 2.56 bits per heavy atom. The minimum Gasteiger partial charge on any atom is -0.497 e. The molecule has 0 heterocycles. The van der Waals surface area contributed by atoms with E-state index < -0.39 is 6.10 Å². The average molecular weight is 382 g/mol. The number of benzene rings is 2. The summed E-state index contributed by atoms with van der Waals surface area (Å²) in [7, 11) is 1.61. The van der Waals surface area contributed by atoms with Crippen molar-refractivity contribution >= 4 is 29.1 Å². The van der Waals surface area contributed by atoms with E-state index >= 15 is 0 Å². The van der Waals surface area contributed by atoms with Crippen LogP contribution >= 0.6 is 23.2 Å². The zero-order valence-corrected chi connectivity index (χ0v) is 15.9. The highest BCUT2D eigenvalue weighted by atomic mass is 35.5. The fourth-order valence-electron chi connectivity index (χ4n) is 2.25. The van der Waals surface area contributed by atoms with Gasteiger partial charge in [-0.25, -0.2) is 0 Å². The van der Waals surface area contributed by atoms with Gasteiger partial charge >= 0.3 is 0 Å². The van der Waals surface area contributed by atoms with E-state index in [-0.39, 0.29) is 11.9 Å². The average Bonchev–Trinajstić information content (AvgIpc) is 2.61. The van der Waals surface area contributed by atoms with Gasteiger partial charge in [-0.1, -0.05) is 41.4 Å². The molecule has 25 heavy (non-hydrogen) atoms. The van der Waals surface area contributed by atoms with E-state index in [4.69, 9.17) is 32.7 Å². The van der Waals surface area contributed by atoms with Crippen LogP contribution in [0.15, 0.2) is 42.5 Å². The van der Waals surface area contributed by atoms with Gasteiger partial charge in [0, 0.05) is 0 Å². The van der Waals surface area contributed by atoms with Crippen LogP contribution in [0.2, 0.25) is 10.0 Å². The minimum absolute atomic E-state index is 0.193. The van der Waals surface area contributed by atoms with Crippen LogP contribution in [0.3, 0.4) is 0 Å². The largest absolute Gasteiger partial charge is 0.497 e. The van der Waals surface area contributed by atoms with Crippen molar-refractivity contribution < 1.29 is 14.3 Å². The number of hydrogen-bond donors (Lipinski definition) is 1. The van der Waals surface area contributed by atoms with Gasteiger partial charge in [0.2, 0.25) is 5.91 Å². The van der Waals surface area contributed by atoms with Crippen molar-refractivity contribution in [3.05, 3.63) is 63.6 Å². The van der Waals surface area contributed by atoms with Gasteiger partial charge in [-0.3, -0.25) is 4.79 Å². The summed E-state index contributed by atoms with van der Waals surface area (Å²) in [6, 6.07) is 12.6. The number of carbonyl (C=O) groups excluding carboxylic acids is 1. The highest BCUT2D eigenvalue weighted by Gasteiger charge is 2.17. The molecule has 0 spiro atoms. The molecule has 0 bridgehead atoms. The number of nitrogens with one attached hydrogen (secondary N) is 1. The van der Waals surface area contributed by atoms with E-state index in [1.165, 1.54) is 0 Å². The lowest BCUT2D eigenvalue weighted by Gasteiger charge is -2.19. The van der Waals surface area contributed by atoms with Gasteiger partial charge in [0.1, 0.15) is 11.9 Å². The van der Waals surface area contributed by atoms with Gasteiger partial charge < -0.3 is 14.8 Å². The molecule has 0 fully saturated rings. The van der Waals surface area contributed by atoms with Crippen molar-refractivity contribution in [2.75, 3.05) is 7.11 Å². The summed E-state index contributed by atoms with van der Waals surface area (Å²) in [5.74, 6) is 0.563. The lowest BCUT2D eigenvalue weighted by molar-refractivity contribution is -0.133. The van der Waals surface area contributed by atoms with E-state index in [1.54, 1.807) is 26.2 Å². The van der Waals surface area contributed by atoms with E-state index in [2.05, 4.69) is 5.32 Å². The molecule has 2 aromatic carbocycles. The highest BCUT2D eigenvalue weighted by molar-refractivity contribution is 6.42. The fourth-order valence-corrected chi connectivity index (χ4v) is 2.56. The van der Waals surface area contributed by atoms with E-state index in [0.29, 0.717) is 16.7 Å². The Bertz CT molecular complexity index is 736. The molecule has 1 amide bonds. The molecule has 4 nitrogen and oxygen atoms in total. The Morgan fingerprint density at radius 2 is 1.88 bits per heavy atom. The fraction of sp³-hybridized carbons (Fsp3) is 0.316. The summed E-state index contributed by atoms with van der Waals surface area (Å²) >= 11 is 11.9. The zero-order valence-electron chi connectivity index (χ0n) is 14.4. The van der Waals surface area contributed by atoms with Crippen molar-refractivity contribution in [1.82, 2.24) is 5.32 Å². The topological polar surface area (TPSA) is 47.6 Å². The van der Waals surface area contributed by atoms with Crippen molar-refractivity contribution in [2.45, 2.75) is 32.6 Å². The monoisotopic (exact) mass is 381 g/mol. The number of ether oxygens (including phenoxy) is 2. The second-order valence-electron chi connectivity index (χ2n) is 5.71. The summed E-state index contributed by atoms with van der Waals surface area (Å²) in [4.78, 5) is 12.3. The first-order chi connectivity index (χ1) is 11.9. The Hall–Kier alpha value is -1.75. The highest BCUT2D eigenvalue weighted by Crippen LogP contribution is 2.25. The quantitative estimate of drug-likeness (QED) is 0.750. The van der Waals surface area contributed by atoms with Crippen molar-refractivity contribution in [1.29, 1.82) is 0 Å². The molecule has 0 radical (unpaired) electrons. The zero-order chi connectivity index (χ0) is 18.4. The third kappa shape index (κ3) is 5.63. The van der Waals surface area contributed by atoms with Crippen LogP contribution in [0.1, 0.15) is 31.0 Å². The standard InChI is InChI=1S/C19H21Cl2NO3/c1-12(15-7-8-17(20)18(21)10-15)22-19(23)13(2)25-11-14-5-4-6-16(9-14)24-3/h4-10,12-13H,11H2,1-3H3,(H,22,23). The smallest absolute Gasteiger partial charge is 0.249 e. The van der Waals surface area contributed by atoms with Crippen LogP contribution in [0.5, 0.6) is 5.75 Å². The minimum atomic E-state index is -0.587. The molecule has 0 aromatic heterocycles. The molecule has 0 saturated heterocycles. The van der Waals surface area contributed by atoms with Gasteiger partial charge in [-0.2, -0.15) is 0 Å². The number of methoxy groups -OCH3 is 1. The third-order valence-corrected chi connectivity index (χ3v) is 4.54. The summed E-state index contributed by atoms with van der Waals surface area (Å²) in [5.41, 5.74) is 1.82. The summed E-state index contributed by atoms with van der Waals surface area (Å²) < 4.78 is 10.8. The van der Waals surface area contributed by atoms with Crippen LogP contribution in [-0.4, -0.2) is 19.1 Å². The second kappa shape index (κ2) is 9.09. The molecule has 2 rings (SSSR count). The molecule has 1 N–H and O–H groups in total. The molecule has 0 aliphatic heterocycles. The van der Waals surface area contributed by atoms with Gasteiger partial charge in [0.05, 0.1) is 29.8 Å². The van der Waals surface area contributed by atoms with Gasteiger partial charge in [-0.15, -0.1) is 0 Å². The summed E-state index contributed by atoms with van der Waals surface area (Å²) in [6.45, 7) is 3.93. The second-order valence-corrected chi connectivity index (χ2v) is 6.52. The summed E-state index contributed by atoms with van der Waals surface area (Å²) in [6.07, 6.45) is -0.587. The maximum absolute atomic E-state index is 12.3. The van der Waals surface area contributed by atoms with Crippen LogP contribution in [0, 0.1) is 0 Å². The van der Waals surface area contributed by atoms with Gasteiger partial charge in [0.25, 0.3) is 0 Å². The maximum atomic E-state index is 12.3. The molecule has 0 saturated carbocycles. The molecule has 6 heteroatoms. The van der Waals surface area contributed by atoms with Crippen LogP contribution in [0.25, 0.3) is 0 Å². The third-order valence-electron chi connectivity index (χ3n) is 3.81. The first-order valence-electron chi connectivity index (χ1n) is 7.90. The molecule has 2 aromatic rings.